The molecule has 0 bridgehead atoms. The minimum atomic E-state index is -0.311. The number of rotatable bonds is 4. The molecule has 0 aliphatic carbocycles. The first-order valence-electron chi connectivity index (χ1n) is 8.77. The molecule has 2 aromatic carbocycles. The lowest BCUT2D eigenvalue weighted by Gasteiger charge is -2.27. The molecule has 2 aromatic rings. The zero-order chi connectivity index (χ0) is 18.4. The summed E-state index contributed by atoms with van der Waals surface area (Å²) in [6, 6.07) is 16.1. The van der Waals surface area contributed by atoms with E-state index < -0.39 is 0 Å². The van der Waals surface area contributed by atoms with Crippen LogP contribution < -0.4 is 5.32 Å². The number of halogens is 1. The van der Waals surface area contributed by atoms with Gasteiger partial charge in [0.1, 0.15) is 5.70 Å². The van der Waals surface area contributed by atoms with Crippen molar-refractivity contribution < 1.29 is 9.59 Å². The average molecular weight is 369 g/mol. The molecular formula is C21H21ClN2O2. The molecule has 0 saturated carbocycles. The number of hydrogen-bond acceptors (Lipinski definition) is 2. The fourth-order valence-corrected chi connectivity index (χ4v) is 3.14. The van der Waals surface area contributed by atoms with E-state index in [4.69, 9.17) is 11.6 Å². The summed E-state index contributed by atoms with van der Waals surface area (Å²) in [7, 11) is 0. The highest BCUT2D eigenvalue weighted by atomic mass is 35.5. The van der Waals surface area contributed by atoms with Gasteiger partial charge in [-0.15, -0.1) is 0 Å². The standard InChI is InChI=1S/C21H21ClN2O2/c22-18-12-6-5-11-17(18)15-19(21(26)24-13-7-2-8-14-24)23-20(25)16-9-3-1-4-10-16/h1,3-6,9-12,15H,2,7-8,13-14H2,(H,23,25)/b19-15-. The molecule has 1 N–H and O–H groups in total. The van der Waals surface area contributed by atoms with Crippen molar-refractivity contribution >= 4 is 29.5 Å². The maximum atomic E-state index is 13.0. The molecular weight excluding hydrogens is 348 g/mol. The number of hydrogen-bond donors (Lipinski definition) is 1. The molecule has 1 saturated heterocycles. The highest BCUT2D eigenvalue weighted by Gasteiger charge is 2.22. The van der Waals surface area contributed by atoms with E-state index in [0.29, 0.717) is 29.2 Å². The number of carbonyl (C=O) groups excluding carboxylic acids is 2. The second kappa shape index (κ2) is 8.68. The van der Waals surface area contributed by atoms with Crippen molar-refractivity contribution in [2.24, 2.45) is 0 Å². The predicted octanol–water partition coefficient (Wildman–Crippen LogP) is 4.12. The summed E-state index contributed by atoms with van der Waals surface area (Å²) in [4.78, 5) is 27.3. The van der Waals surface area contributed by atoms with Crippen LogP contribution in [0.3, 0.4) is 0 Å². The molecule has 5 heteroatoms. The fourth-order valence-electron chi connectivity index (χ4n) is 2.95. The topological polar surface area (TPSA) is 49.4 Å². The first-order chi connectivity index (χ1) is 12.6. The summed E-state index contributed by atoms with van der Waals surface area (Å²) < 4.78 is 0. The molecule has 0 spiro atoms. The zero-order valence-electron chi connectivity index (χ0n) is 14.5. The minimum Gasteiger partial charge on any atom is -0.337 e. The van der Waals surface area contributed by atoms with Crippen molar-refractivity contribution in [3.63, 3.8) is 0 Å². The summed E-state index contributed by atoms with van der Waals surface area (Å²) in [6.07, 6.45) is 4.75. The molecule has 3 rings (SSSR count). The Labute approximate surface area is 158 Å². The summed E-state index contributed by atoms with van der Waals surface area (Å²) in [5.41, 5.74) is 1.45. The van der Waals surface area contributed by atoms with Crippen LogP contribution in [0.4, 0.5) is 0 Å². The average Bonchev–Trinajstić information content (AvgIpc) is 2.70. The number of carbonyl (C=O) groups is 2. The number of nitrogens with zero attached hydrogens (tertiary/aromatic N) is 1. The number of piperidine rings is 1. The smallest absolute Gasteiger partial charge is 0.270 e. The number of benzene rings is 2. The number of nitrogens with one attached hydrogen (secondary N) is 1. The number of likely N-dealkylation sites (tertiary alicyclic amines) is 1. The van der Waals surface area contributed by atoms with E-state index in [9.17, 15) is 9.59 Å². The van der Waals surface area contributed by atoms with Gasteiger partial charge >= 0.3 is 0 Å². The van der Waals surface area contributed by atoms with Gasteiger partial charge in [0.2, 0.25) is 0 Å². The first-order valence-corrected chi connectivity index (χ1v) is 9.15. The Morgan fingerprint density at radius 1 is 0.923 bits per heavy atom. The lowest BCUT2D eigenvalue weighted by Crippen LogP contribution is -2.41. The maximum Gasteiger partial charge on any atom is 0.270 e. The van der Waals surface area contributed by atoms with Gasteiger partial charge in [-0.2, -0.15) is 0 Å². The van der Waals surface area contributed by atoms with E-state index in [0.717, 1.165) is 19.3 Å². The summed E-state index contributed by atoms with van der Waals surface area (Å²) in [6.45, 7) is 1.42. The fraction of sp³-hybridized carbons (Fsp3) is 0.238. The van der Waals surface area contributed by atoms with Crippen LogP contribution in [0.2, 0.25) is 5.02 Å². The Morgan fingerprint density at radius 2 is 1.58 bits per heavy atom. The molecule has 0 atom stereocenters. The summed E-state index contributed by atoms with van der Waals surface area (Å²) in [5, 5.41) is 3.31. The van der Waals surface area contributed by atoms with Crippen molar-refractivity contribution in [2.75, 3.05) is 13.1 Å². The van der Waals surface area contributed by atoms with Gasteiger partial charge in [0.05, 0.1) is 0 Å². The Hall–Kier alpha value is -2.59. The number of amides is 2. The van der Waals surface area contributed by atoms with E-state index in [2.05, 4.69) is 5.32 Å². The van der Waals surface area contributed by atoms with E-state index in [1.165, 1.54) is 0 Å². The molecule has 1 heterocycles. The van der Waals surface area contributed by atoms with Crippen LogP contribution in [0.5, 0.6) is 0 Å². The Balaban J connectivity index is 1.89. The maximum absolute atomic E-state index is 13.0. The predicted molar refractivity (Wildman–Crippen MR) is 104 cm³/mol. The Morgan fingerprint density at radius 3 is 2.27 bits per heavy atom. The van der Waals surface area contributed by atoms with Gasteiger partial charge in [0, 0.05) is 23.7 Å². The van der Waals surface area contributed by atoms with Crippen LogP contribution >= 0.6 is 11.6 Å². The lowest BCUT2D eigenvalue weighted by molar-refractivity contribution is -0.128. The Bertz CT molecular complexity index is 812. The quantitative estimate of drug-likeness (QED) is 0.825. The zero-order valence-corrected chi connectivity index (χ0v) is 15.2. The highest BCUT2D eigenvalue weighted by molar-refractivity contribution is 6.32. The largest absolute Gasteiger partial charge is 0.337 e. The van der Waals surface area contributed by atoms with Crippen LogP contribution in [0.15, 0.2) is 60.3 Å². The van der Waals surface area contributed by atoms with E-state index >= 15 is 0 Å². The van der Waals surface area contributed by atoms with E-state index in [1.807, 2.05) is 24.3 Å². The molecule has 134 valence electrons. The third kappa shape index (κ3) is 4.52. The summed E-state index contributed by atoms with van der Waals surface area (Å²) >= 11 is 6.23. The monoisotopic (exact) mass is 368 g/mol. The van der Waals surface area contributed by atoms with Crippen LogP contribution in [-0.2, 0) is 4.79 Å². The van der Waals surface area contributed by atoms with Gasteiger partial charge in [-0.3, -0.25) is 9.59 Å². The second-order valence-corrected chi connectivity index (χ2v) is 6.66. The van der Waals surface area contributed by atoms with Gasteiger partial charge in [0.15, 0.2) is 0 Å². The van der Waals surface area contributed by atoms with Crippen LogP contribution in [0.25, 0.3) is 6.08 Å². The van der Waals surface area contributed by atoms with Gasteiger partial charge in [-0.25, -0.2) is 0 Å². The lowest BCUT2D eigenvalue weighted by atomic mass is 10.1. The molecule has 2 amide bonds. The van der Waals surface area contributed by atoms with Crippen molar-refractivity contribution in [1.29, 1.82) is 0 Å². The van der Waals surface area contributed by atoms with Crippen LogP contribution in [0.1, 0.15) is 35.2 Å². The normalized spacial score (nSPS) is 14.8. The SMILES string of the molecule is O=C(N/C(=C\c1ccccc1Cl)C(=O)N1CCCCC1)c1ccccc1. The van der Waals surface area contributed by atoms with E-state index in [1.54, 1.807) is 41.3 Å². The molecule has 1 aliphatic rings. The highest BCUT2D eigenvalue weighted by Crippen LogP contribution is 2.19. The minimum absolute atomic E-state index is 0.172. The molecule has 4 nitrogen and oxygen atoms in total. The molecule has 0 aromatic heterocycles. The Kier molecular flexibility index (Phi) is 6.08. The van der Waals surface area contributed by atoms with Gasteiger partial charge in [0.25, 0.3) is 11.8 Å². The molecule has 1 fully saturated rings. The molecule has 0 radical (unpaired) electrons. The van der Waals surface area contributed by atoms with Gasteiger partial charge < -0.3 is 10.2 Å². The first kappa shape index (κ1) is 18.2. The van der Waals surface area contributed by atoms with Gasteiger partial charge in [-0.1, -0.05) is 48.0 Å². The summed E-state index contributed by atoms with van der Waals surface area (Å²) in [5.74, 6) is -0.483. The van der Waals surface area contributed by atoms with Gasteiger partial charge in [-0.05, 0) is 49.1 Å². The van der Waals surface area contributed by atoms with Crippen molar-refractivity contribution in [3.05, 3.63) is 76.4 Å². The van der Waals surface area contributed by atoms with Crippen LogP contribution in [-0.4, -0.2) is 29.8 Å². The third-order valence-corrected chi connectivity index (χ3v) is 4.71. The van der Waals surface area contributed by atoms with Crippen molar-refractivity contribution in [3.8, 4) is 0 Å². The molecule has 1 aliphatic heterocycles. The second-order valence-electron chi connectivity index (χ2n) is 6.25. The third-order valence-electron chi connectivity index (χ3n) is 4.36. The van der Waals surface area contributed by atoms with E-state index in [-0.39, 0.29) is 17.5 Å². The van der Waals surface area contributed by atoms with Crippen molar-refractivity contribution in [2.45, 2.75) is 19.3 Å². The molecule has 26 heavy (non-hydrogen) atoms. The van der Waals surface area contributed by atoms with Crippen molar-refractivity contribution in [1.82, 2.24) is 10.2 Å². The van der Waals surface area contributed by atoms with Crippen LogP contribution in [0, 0.1) is 0 Å². The molecule has 0 unspecified atom stereocenters.